The quantitative estimate of drug-likeness (QED) is 0.891. The van der Waals surface area contributed by atoms with Crippen LogP contribution in [0.3, 0.4) is 0 Å². The van der Waals surface area contributed by atoms with Crippen molar-refractivity contribution in [2.24, 2.45) is 0 Å². The van der Waals surface area contributed by atoms with Gasteiger partial charge in [-0.2, -0.15) is 0 Å². The van der Waals surface area contributed by atoms with Crippen molar-refractivity contribution in [2.45, 2.75) is 19.4 Å². The first kappa shape index (κ1) is 12.5. The minimum atomic E-state index is -0.535. The second-order valence-corrected chi connectivity index (χ2v) is 5.32. The van der Waals surface area contributed by atoms with E-state index in [1.165, 1.54) is 11.3 Å². The van der Waals surface area contributed by atoms with Crippen LogP contribution >= 0.6 is 11.6 Å². The maximum atomic E-state index is 9.62. The predicted molar refractivity (Wildman–Crippen MR) is 79.2 cm³/mol. The lowest BCUT2D eigenvalue weighted by molar-refractivity contribution is 0.199. The molecule has 0 aliphatic carbocycles. The molecule has 0 fully saturated rings. The van der Waals surface area contributed by atoms with Crippen LogP contribution in [0, 0.1) is 0 Å². The number of hydrogen-bond acceptors (Lipinski definition) is 2. The van der Waals surface area contributed by atoms with Gasteiger partial charge in [0.05, 0.1) is 6.10 Å². The Morgan fingerprint density at radius 3 is 2.74 bits per heavy atom. The van der Waals surface area contributed by atoms with Crippen LogP contribution in [0.2, 0.25) is 5.02 Å². The maximum Gasteiger partial charge on any atom is 0.0776 e. The van der Waals surface area contributed by atoms with Gasteiger partial charge in [-0.1, -0.05) is 35.9 Å². The number of rotatable bonds is 2. The number of benzene rings is 2. The van der Waals surface area contributed by atoms with Crippen LogP contribution in [0.1, 0.15) is 24.2 Å². The van der Waals surface area contributed by atoms with Crippen molar-refractivity contribution < 1.29 is 5.11 Å². The van der Waals surface area contributed by atoms with Crippen molar-refractivity contribution in [3.63, 3.8) is 0 Å². The molecule has 2 nitrogen and oxygen atoms in total. The molecule has 0 amide bonds. The number of para-hydroxylation sites is 1. The van der Waals surface area contributed by atoms with Crippen LogP contribution in [0.15, 0.2) is 42.5 Å². The van der Waals surface area contributed by atoms with E-state index in [2.05, 4.69) is 29.2 Å². The Kier molecular flexibility index (Phi) is 3.21. The number of halogens is 1. The summed E-state index contributed by atoms with van der Waals surface area (Å²) in [5, 5.41) is 10.2. The van der Waals surface area contributed by atoms with Crippen molar-refractivity contribution in [3.8, 4) is 0 Å². The Morgan fingerprint density at radius 1 is 1.21 bits per heavy atom. The van der Waals surface area contributed by atoms with Crippen molar-refractivity contribution in [1.82, 2.24) is 0 Å². The van der Waals surface area contributed by atoms with E-state index in [1.807, 2.05) is 18.2 Å². The molecule has 1 N–H and O–H groups in total. The van der Waals surface area contributed by atoms with Gasteiger partial charge < -0.3 is 10.0 Å². The molecule has 2 aromatic carbocycles. The van der Waals surface area contributed by atoms with Crippen molar-refractivity contribution in [1.29, 1.82) is 0 Å². The molecule has 0 spiro atoms. The average Bonchev–Trinajstić information content (AvgIpc) is 2.82. The SMILES string of the molecule is CC(O)c1ccc(N2CCc3ccccc32)cc1Cl. The zero-order chi connectivity index (χ0) is 13.4. The summed E-state index contributed by atoms with van der Waals surface area (Å²) in [6.07, 6.45) is 0.527. The second-order valence-electron chi connectivity index (χ2n) is 4.91. The Morgan fingerprint density at radius 2 is 2.00 bits per heavy atom. The monoisotopic (exact) mass is 273 g/mol. The number of aliphatic hydroxyl groups excluding tert-OH is 1. The van der Waals surface area contributed by atoms with Crippen LogP contribution in [-0.4, -0.2) is 11.7 Å². The average molecular weight is 274 g/mol. The van der Waals surface area contributed by atoms with E-state index < -0.39 is 6.10 Å². The van der Waals surface area contributed by atoms with E-state index in [0.29, 0.717) is 5.02 Å². The molecule has 1 atom stereocenters. The topological polar surface area (TPSA) is 23.5 Å². The summed E-state index contributed by atoms with van der Waals surface area (Å²) in [6, 6.07) is 14.3. The van der Waals surface area contributed by atoms with Gasteiger partial charge >= 0.3 is 0 Å². The van der Waals surface area contributed by atoms with Gasteiger partial charge in [0.25, 0.3) is 0 Å². The van der Waals surface area contributed by atoms with Gasteiger partial charge in [-0.25, -0.2) is 0 Å². The van der Waals surface area contributed by atoms with E-state index in [9.17, 15) is 5.11 Å². The van der Waals surface area contributed by atoms with Gasteiger partial charge in [0.15, 0.2) is 0 Å². The Labute approximate surface area is 118 Å². The number of nitrogens with zero attached hydrogens (tertiary/aromatic N) is 1. The molecule has 2 aromatic rings. The molecule has 19 heavy (non-hydrogen) atoms. The summed E-state index contributed by atoms with van der Waals surface area (Å²) < 4.78 is 0. The third-order valence-electron chi connectivity index (χ3n) is 3.63. The largest absolute Gasteiger partial charge is 0.389 e. The number of anilines is 2. The normalized spacial score (nSPS) is 15.4. The maximum absolute atomic E-state index is 9.62. The van der Waals surface area contributed by atoms with Crippen LogP contribution in [-0.2, 0) is 6.42 Å². The van der Waals surface area contributed by atoms with E-state index in [-0.39, 0.29) is 0 Å². The number of aliphatic hydroxyl groups is 1. The Bertz CT molecular complexity index is 609. The third-order valence-corrected chi connectivity index (χ3v) is 3.96. The van der Waals surface area contributed by atoms with Crippen LogP contribution in [0.25, 0.3) is 0 Å². The fourth-order valence-electron chi connectivity index (χ4n) is 2.63. The summed E-state index contributed by atoms with van der Waals surface area (Å²) >= 11 is 6.24. The molecule has 1 heterocycles. The highest BCUT2D eigenvalue weighted by Crippen LogP contribution is 2.36. The highest BCUT2D eigenvalue weighted by molar-refractivity contribution is 6.31. The summed E-state index contributed by atoms with van der Waals surface area (Å²) in [5.74, 6) is 0. The fraction of sp³-hybridized carbons (Fsp3) is 0.250. The van der Waals surface area contributed by atoms with E-state index in [4.69, 9.17) is 11.6 Å². The number of fused-ring (bicyclic) bond motifs is 1. The van der Waals surface area contributed by atoms with Gasteiger partial charge in [0.2, 0.25) is 0 Å². The van der Waals surface area contributed by atoms with Crippen LogP contribution < -0.4 is 4.90 Å². The standard InChI is InChI=1S/C16H16ClNO/c1-11(19)14-7-6-13(10-15(14)17)18-9-8-12-4-2-3-5-16(12)18/h2-7,10-11,19H,8-9H2,1H3. The van der Waals surface area contributed by atoms with Gasteiger partial charge in [-0.3, -0.25) is 0 Å². The van der Waals surface area contributed by atoms with Crippen molar-refractivity contribution >= 4 is 23.0 Å². The van der Waals surface area contributed by atoms with Crippen molar-refractivity contribution in [3.05, 3.63) is 58.6 Å². The van der Waals surface area contributed by atoms with E-state index in [0.717, 1.165) is 24.2 Å². The lowest BCUT2D eigenvalue weighted by Crippen LogP contribution is -2.13. The van der Waals surface area contributed by atoms with E-state index in [1.54, 1.807) is 6.92 Å². The van der Waals surface area contributed by atoms with Gasteiger partial charge in [0.1, 0.15) is 0 Å². The van der Waals surface area contributed by atoms with Crippen molar-refractivity contribution in [2.75, 3.05) is 11.4 Å². The first-order valence-corrected chi connectivity index (χ1v) is 6.87. The Hall–Kier alpha value is -1.51. The molecule has 0 saturated heterocycles. The van der Waals surface area contributed by atoms with E-state index >= 15 is 0 Å². The van der Waals surface area contributed by atoms with Crippen LogP contribution in [0.5, 0.6) is 0 Å². The molecule has 3 rings (SSSR count). The first-order chi connectivity index (χ1) is 9.16. The van der Waals surface area contributed by atoms with Crippen LogP contribution in [0.4, 0.5) is 11.4 Å². The molecule has 1 aliphatic rings. The van der Waals surface area contributed by atoms with Gasteiger partial charge in [0, 0.05) is 22.9 Å². The Balaban J connectivity index is 1.99. The predicted octanol–water partition coefficient (Wildman–Crippen LogP) is 4.09. The molecule has 0 saturated carbocycles. The summed E-state index contributed by atoms with van der Waals surface area (Å²) in [5.41, 5.74) is 4.49. The second kappa shape index (κ2) is 4.87. The summed E-state index contributed by atoms with van der Waals surface area (Å²) in [4.78, 5) is 2.27. The van der Waals surface area contributed by atoms with Gasteiger partial charge in [-0.05, 0) is 42.7 Å². The zero-order valence-corrected chi connectivity index (χ0v) is 11.6. The first-order valence-electron chi connectivity index (χ1n) is 6.50. The molecular weight excluding hydrogens is 258 g/mol. The molecule has 1 unspecified atom stereocenters. The number of hydrogen-bond donors (Lipinski definition) is 1. The minimum Gasteiger partial charge on any atom is -0.389 e. The van der Waals surface area contributed by atoms with Gasteiger partial charge in [-0.15, -0.1) is 0 Å². The summed E-state index contributed by atoms with van der Waals surface area (Å²) in [6.45, 7) is 2.70. The summed E-state index contributed by atoms with van der Waals surface area (Å²) in [7, 11) is 0. The molecule has 1 aliphatic heterocycles. The molecular formula is C16H16ClNO. The molecule has 3 heteroatoms. The highest BCUT2D eigenvalue weighted by Gasteiger charge is 2.20. The zero-order valence-electron chi connectivity index (χ0n) is 10.8. The lowest BCUT2D eigenvalue weighted by atomic mass is 10.1. The molecule has 0 bridgehead atoms. The minimum absolute atomic E-state index is 0.535. The third kappa shape index (κ3) is 2.22. The fourth-order valence-corrected chi connectivity index (χ4v) is 2.96. The highest BCUT2D eigenvalue weighted by atomic mass is 35.5. The molecule has 0 radical (unpaired) electrons. The molecule has 98 valence electrons. The smallest absolute Gasteiger partial charge is 0.0776 e. The lowest BCUT2D eigenvalue weighted by Gasteiger charge is -2.21. The molecule has 0 aromatic heterocycles.